The second kappa shape index (κ2) is 4.40. The van der Waals surface area contributed by atoms with Crippen LogP contribution >= 0.6 is 0 Å². The minimum absolute atomic E-state index is 0.126. The average molecular weight is 279 g/mol. The van der Waals surface area contributed by atoms with Gasteiger partial charge < -0.3 is 10.6 Å². The molecule has 0 saturated carbocycles. The van der Waals surface area contributed by atoms with Gasteiger partial charge in [0.1, 0.15) is 11.6 Å². The summed E-state index contributed by atoms with van der Waals surface area (Å²) in [7, 11) is 0. The Bertz CT molecular complexity index is 652. The lowest BCUT2D eigenvalue weighted by Gasteiger charge is -2.20. The molecule has 3 rings (SSSR count). The number of hydrogen-bond acceptors (Lipinski definition) is 3. The van der Waals surface area contributed by atoms with Crippen LogP contribution < -0.4 is 10.6 Å². The van der Waals surface area contributed by atoms with Crippen molar-refractivity contribution in [3.63, 3.8) is 0 Å². The highest BCUT2D eigenvalue weighted by atomic mass is 19.4. The first-order valence-corrected chi connectivity index (χ1v) is 6.15. The second-order valence-electron chi connectivity index (χ2n) is 4.67. The van der Waals surface area contributed by atoms with E-state index in [-0.39, 0.29) is 11.6 Å². The van der Waals surface area contributed by atoms with E-state index < -0.39 is 11.7 Å². The normalized spacial score (nSPS) is 14.4. The number of halogens is 3. The Morgan fingerprint density at radius 1 is 1.15 bits per heavy atom. The van der Waals surface area contributed by atoms with E-state index in [4.69, 9.17) is 5.73 Å². The van der Waals surface area contributed by atoms with Crippen LogP contribution in [0.25, 0.3) is 0 Å². The maximum atomic E-state index is 12.8. The van der Waals surface area contributed by atoms with Crippen LogP contribution in [0.1, 0.15) is 11.1 Å². The SMILES string of the molecule is Nc1cc(C(F)(F)F)cc(N2CCc3ccccc32)n1. The minimum Gasteiger partial charge on any atom is -0.384 e. The predicted molar refractivity (Wildman–Crippen MR) is 70.8 cm³/mol. The van der Waals surface area contributed by atoms with Crippen molar-refractivity contribution in [2.24, 2.45) is 0 Å². The molecule has 0 aliphatic carbocycles. The first kappa shape index (κ1) is 12.8. The van der Waals surface area contributed by atoms with Gasteiger partial charge in [0.05, 0.1) is 5.56 Å². The van der Waals surface area contributed by atoms with Gasteiger partial charge in [0.25, 0.3) is 0 Å². The molecule has 0 fully saturated rings. The fraction of sp³-hybridized carbons (Fsp3) is 0.214. The molecule has 0 radical (unpaired) electrons. The molecule has 2 N–H and O–H groups in total. The maximum Gasteiger partial charge on any atom is 0.416 e. The Labute approximate surface area is 113 Å². The van der Waals surface area contributed by atoms with E-state index >= 15 is 0 Å². The number of hydrogen-bond donors (Lipinski definition) is 1. The van der Waals surface area contributed by atoms with Gasteiger partial charge in [0.2, 0.25) is 0 Å². The van der Waals surface area contributed by atoms with Gasteiger partial charge in [-0.1, -0.05) is 18.2 Å². The van der Waals surface area contributed by atoms with Gasteiger partial charge in [0.15, 0.2) is 0 Å². The van der Waals surface area contributed by atoms with Crippen LogP contribution in [0.3, 0.4) is 0 Å². The van der Waals surface area contributed by atoms with Crippen LogP contribution in [0.2, 0.25) is 0 Å². The summed E-state index contributed by atoms with van der Waals surface area (Å²) in [6, 6.07) is 9.50. The molecule has 104 valence electrons. The zero-order valence-electron chi connectivity index (χ0n) is 10.5. The lowest BCUT2D eigenvalue weighted by atomic mass is 10.2. The number of nitrogens with two attached hydrogens (primary N) is 1. The quantitative estimate of drug-likeness (QED) is 0.870. The van der Waals surface area contributed by atoms with Crippen LogP contribution in [-0.2, 0) is 12.6 Å². The summed E-state index contributed by atoms with van der Waals surface area (Å²) in [4.78, 5) is 5.80. The van der Waals surface area contributed by atoms with Crippen LogP contribution in [-0.4, -0.2) is 11.5 Å². The number of fused-ring (bicyclic) bond motifs is 1. The van der Waals surface area contributed by atoms with Gasteiger partial charge in [-0.3, -0.25) is 0 Å². The Hall–Kier alpha value is -2.24. The van der Waals surface area contributed by atoms with Crippen molar-refractivity contribution < 1.29 is 13.2 Å². The first-order chi connectivity index (χ1) is 9.45. The summed E-state index contributed by atoms with van der Waals surface area (Å²) in [5.74, 6) is 0.112. The van der Waals surface area contributed by atoms with Crippen LogP contribution in [0.5, 0.6) is 0 Å². The minimum atomic E-state index is -4.43. The summed E-state index contributed by atoms with van der Waals surface area (Å²) in [5, 5.41) is 0. The Balaban J connectivity index is 2.06. The molecule has 6 heteroatoms. The number of pyridine rings is 1. The molecule has 0 atom stereocenters. The Morgan fingerprint density at radius 3 is 2.65 bits per heavy atom. The third-order valence-electron chi connectivity index (χ3n) is 3.32. The first-order valence-electron chi connectivity index (χ1n) is 6.15. The molecule has 1 aliphatic heterocycles. The number of para-hydroxylation sites is 1. The number of nitrogens with zero attached hydrogens (tertiary/aromatic N) is 2. The highest BCUT2D eigenvalue weighted by Crippen LogP contribution is 2.37. The van der Waals surface area contributed by atoms with E-state index in [1.54, 1.807) is 4.90 Å². The zero-order valence-corrected chi connectivity index (χ0v) is 10.5. The van der Waals surface area contributed by atoms with Crippen molar-refractivity contribution in [2.75, 3.05) is 17.2 Å². The van der Waals surface area contributed by atoms with Crippen molar-refractivity contribution in [1.29, 1.82) is 0 Å². The van der Waals surface area contributed by atoms with Crippen molar-refractivity contribution >= 4 is 17.3 Å². The number of nitrogen functional groups attached to an aromatic ring is 1. The lowest BCUT2D eigenvalue weighted by Crippen LogP contribution is -2.17. The standard InChI is InChI=1S/C14H12F3N3/c15-14(16,17)10-7-12(18)19-13(8-10)20-6-5-9-3-1-2-4-11(9)20/h1-4,7-8H,5-6H2,(H2,18,19). The molecular formula is C14H12F3N3. The molecule has 3 nitrogen and oxygen atoms in total. The lowest BCUT2D eigenvalue weighted by molar-refractivity contribution is -0.137. The number of benzene rings is 1. The molecule has 1 aromatic heterocycles. The number of anilines is 3. The van der Waals surface area contributed by atoms with Crippen molar-refractivity contribution in [3.8, 4) is 0 Å². The van der Waals surface area contributed by atoms with Crippen LogP contribution in [0, 0.1) is 0 Å². The van der Waals surface area contributed by atoms with E-state index in [1.165, 1.54) is 0 Å². The fourth-order valence-corrected chi connectivity index (χ4v) is 2.42. The molecular weight excluding hydrogens is 267 g/mol. The smallest absolute Gasteiger partial charge is 0.384 e. The second-order valence-corrected chi connectivity index (χ2v) is 4.67. The predicted octanol–water partition coefficient (Wildman–Crippen LogP) is 3.38. The highest BCUT2D eigenvalue weighted by Gasteiger charge is 2.32. The Kier molecular flexibility index (Phi) is 2.81. The topological polar surface area (TPSA) is 42.1 Å². The van der Waals surface area contributed by atoms with Gasteiger partial charge in [0, 0.05) is 12.2 Å². The van der Waals surface area contributed by atoms with E-state index in [2.05, 4.69) is 4.98 Å². The van der Waals surface area contributed by atoms with Crippen molar-refractivity contribution in [3.05, 3.63) is 47.5 Å². The molecule has 1 aromatic carbocycles. The van der Waals surface area contributed by atoms with Crippen molar-refractivity contribution in [2.45, 2.75) is 12.6 Å². The third kappa shape index (κ3) is 2.17. The van der Waals surface area contributed by atoms with E-state index in [9.17, 15) is 13.2 Å². The molecule has 0 saturated heterocycles. The number of aromatic nitrogens is 1. The molecule has 0 unspecified atom stereocenters. The van der Waals surface area contributed by atoms with Crippen LogP contribution in [0.4, 0.5) is 30.5 Å². The van der Waals surface area contributed by atoms with E-state index in [1.807, 2.05) is 24.3 Å². The van der Waals surface area contributed by atoms with Crippen LogP contribution in [0.15, 0.2) is 36.4 Å². The van der Waals surface area contributed by atoms with Gasteiger partial charge in [-0.15, -0.1) is 0 Å². The molecule has 0 bridgehead atoms. The van der Waals surface area contributed by atoms with E-state index in [0.717, 1.165) is 29.8 Å². The van der Waals surface area contributed by atoms with E-state index in [0.29, 0.717) is 6.54 Å². The molecule has 20 heavy (non-hydrogen) atoms. The number of rotatable bonds is 1. The largest absolute Gasteiger partial charge is 0.416 e. The van der Waals surface area contributed by atoms with Gasteiger partial charge in [-0.2, -0.15) is 13.2 Å². The fourth-order valence-electron chi connectivity index (χ4n) is 2.42. The molecule has 2 heterocycles. The summed E-state index contributed by atoms with van der Waals surface area (Å²) in [6.45, 7) is 0.604. The maximum absolute atomic E-state index is 12.8. The summed E-state index contributed by atoms with van der Waals surface area (Å²) < 4.78 is 38.5. The number of alkyl halides is 3. The molecule has 0 spiro atoms. The molecule has 2 aromatic rings. The highest BCUT2D eigenvalue weighted by molar-refractivity contribution is 5.68. The average Bonchev–Trinajstić information content (AvgIpc) is 2.80. The van der Waals surface area contributed by atoms with Gasteiger partial charge in [-0.25, -0.2) is 4.98 Å². The molecule has 1 aliphatic rings. The molecule has 0 amide bonds. The van der Waals surface area contributed by atoms with Gasteiger partial charge >= 0.3 is 6.18 Å². The van der Waals surface area contributed by atoms with Crippen molar-refractivity contribution in [1.82, 2.24) is 4.98 Å². The summed E-state index contributed by atoms with van der Waals surface area (Å²) >= 11 is 0. The monoisotopic (exact) mass is 279 g/mol. The third-order valence-corrected chi connectivity index (χ3v) is 3.32. The summed E-state index contributed by atoms with van der Waals surface area (Å²) in [5.41, 5.74) is 6.72. The summed E-state index contributed by atoms with van der Waals surface area (Å²) in [6.07, 6.45) is -3.64. The Morgan fingerprint density at radius 2 is 1.90 bits per heavy atom. The zero-order chi connectivity index (χ0) is 14.3. The van der Waals surface area contributed by atoms with Gasteiger partial charge in [-0.05, 0) is 30.2 Å².